The highest BCUT2D eigenvalue weighted by Crippen LogP contribution is 2.20. The van der Waals surface area contributed by atoms with E-state index < -0.39 is 5.91 Å². The number of rotatable bonds is 7. The van der Waals surface area contributed by atoms with E-state index >= 15 is 0 Å². The van der Waals surface area contributed by atoms with Gasteiger partial charge in [0.25, 0.3) is 17.4 Å². The summed E-state index contributed by atoms with van der Waals surface area (Å²) >= 11 is 0. The van der Waals surface area contributed by atoms with Crippen LogP contribution in [0.5, 0.6) is 5.75 Å². The molecule has 184 valence electrons. The first-order chi connectivity index (χ1) is 17.2. The van der Waals surface area contributed by atoms with E-state index in [1.165, 1.54) is 4.68 Å². The zero-order valence-electron chi connectivity index (χ0n) is 20.7. The summed E-state index contributed by atoms with van der Waals surface area (Å²) < 4.78 is 8.85. The van der Waals surface area contributed by atoms with Crippen LogP contribution in [0.2, 0.25) is 0 Å². The van der Waals surface area contributed by atoms with Crippen molar-refractivity contribution in [3.8, 4) is 11.4 Å². The number of hydrogen-bond donors (Lipinski definition) is 2. The van der Waals surface area contributed by atoms with Crippen LogP contribution in [-0.4, -0.2) is 27.8 Å². The minimum Gasteiger partial charge on any atom is -0.483 e. The summed E-state index contributed by atoms with van der Waals surface area (Å²) in [4.78, 5) is 38.5. The second-order valence-electron chi connectivity index (χ2n) is 8.58. The number of carbonyl (C=O) groups is 2. The molecule has 0 aliphatic carbocycles. The molecule has 0 bridgehead atoms. The molecule has 3 aromatic carbocycles. The number of carbonyl (C=O) groups excluding carboxylic acids is 2. The molecule has 8 heteroatoms. The first kappa shape index (κ1) is 24.5. The maximum absolute atomic E-state index is 13.1. The van der Waals surface area contributed by atoms with E-state index in [-0.39, 0.29) is 23.8 Å². The zero-order valence-corrected chi connectivity index (χ0v) is 20.7. The lowest BCUT2D eigenvalue weighted by atomic mass is 10.1. The van der Waals surface area contributed by atoms with E-state index in [1.54, 1.807) is 42.9 Å². The molecule has 2 N–H and O–H groups in total. The first-order valence-corrected chi connectivity index (χ1v) is 11.5. The van der Waals surface area contributed by atoms with E-state index in [0.717, 1.165) is 11.1 Å². The Hall–Kier alpha value is -4.59. The molecule has 0 radical (unpaired) electrons. The number of benzene rings is 3. The molecule has 0 fully saturated rings. The lowest BCUT2D eigenvalue weighted by Gasteiger charge is -2.11. The van der Waals surface area contributed by atoms with E-state index in [1.807, 2.05) is 62.4 Å². The second-order valence-corrected chi connectivity index (χ2v) is 8.58. The summed E-state index contributed by atoms with van der Waals surface area (Å²) in [6, 6.07) is 21.5. The molecule has 2 amide bonds. The highest BCUT2D eigenvalue weighted by atomic mass is 16.5. The summed E-state index contributed by atoms with van der Waals surface area (Å²) in [5.74, 6) is -0.153. The van der Waals surface area contributed by atoms with Gasteiger partial charge in [0.15, 0.2) is 6.61 Å². The minimum absolute atomic E-state index is 0.164. The van der Waals surface area contributed by atoms with Crippen LogP contribution < -0.4 is 20.9 Å². The van der Waals surface area contributed by atoms with Crippen LogP contribution in [0.15, 0.2) is 77.6 Å². The van der Waals surface area contributed by atoms with Gasteiger partial charge in [-0.05, 0) is 68.3 Å². The fourth-order valence-corrected chi connectivity index (χ4v) is 3.84. The van der Waals surface area contributed by atoms with Gasteiger partial charge in [0, 0.05) is 18.3 Å². The van der Waals surface area contributed by atoms with Crippen LogP contribution in [0.25, 0.3) is 5.69 Å². The molecule has 0 spiro atoms. The van der Waals surface area contributed by atoms with E-state index in [4.69, 9.17) is 4.74 Å². The maximum Gasteiger partial charge on any atom is 0.295 e. The molecule has 4 aromatic rings. The maximum atomic E-state index is 13.1. The fraction of sp³-hybridized carbons (Fsp3) is 0.179. The Morgan fingerprint density at radius 2 is 1.64 bits per heavy atom. The number of aromatic nitrogens is 2. The van der Waals surface area contributed by atoms with Gasteiger partial charge in [-0.2, -0.15) is 0 Å². The van der Waals surface area contributed by atoms with Crippen molar-refractivity contribution in [2.24, 2.45) is 7.05 Å². The summed E-state index contributed by atoms with van der Waals surface area (Å²) in [6.07, 6.45) is 0. The Balaban J connectivity index is 1.46. The predicted molar refractivity (Wildman–Crippen MR) is 140 cm³/mol. The number of para-hydroxylation sites is 1. The molecule has 0 aliphatic heterocycles. The van der Waals surface area contributed by atoms with Gasteiger partial charge in [-0.15, -0.1) is 0 Å². The van der Waals surface area contributed by atoms with Crippen molar-refractivity contribution < 1.29 is 14.3 Å². The average molecular weight is 485 g/mol. The lowest BCUT2D eigenvalue weighted by molar-refractivity contribution is -0.118. The summed E-state index contributed by atoms with van der Waals surface area (Å²) in [5, 5.41) is 5.48. The minimum atomic E-state index is -0.455. The van der Waals surface area contributed by atoms with Crippen LogP contribution >= 0.6 is 0 Å². The number of anilines is 2. The van der Waals surface area contributed by atoms with Gasteiger partial charge in [0.1, 0.15) is 11.4 Å². The number of aryl methyl sites for hydroxylation is 2. The van der Waals surface area contributed by atoms with Gasteiger partial charge < -0.3 is 15.4 Å². The van der Waals surface area contributed by atoms with Crippen LogP contribution in [0, 0.1) is 20.8 Å². The largest absolute Gasteiger partial charge is 0.483 e. The van der Waals surface area contributed by atoms with Gasteiger partial charge in [0.05, 0.1) is 11.4 Å². The van der Waals surface area contributed by atoms with Crippen molar-refractivity contribution in [2.75, 3.05) is 17.2 Å². The lowest BCUT2D eigenvalue weighted by Crippen LogP contribution is -2.23. The molecular weight excluding hydrogens is 456 g/mol. The molecule has 36 heavy (non-hydrogen) atoms. The quantitative estimate of drug-likeness (QED) is 0.407. The monoisotopic (exact) mass is 484 g/mol. The number of nitrogens with zero attached hydrogens (tertiary/aromatic N) is 2. The Kier molecular flexibility index (Phi) is 7.05. The molecule has 0 unspecified atom stereocenters. The normalized spacial score (nSPS) is 10.7. The Morgan fingerprint density at radius 1 is 0.889 bits per heavy atom. The number of nitrogens with one attached hydrogen (secondary N) is 2. The van der Waals surface area contributed by atoms with Crippen LogP contribution in [0.1, 0.15) is 27.2 Å². The highest BCUT2D eigenvalue weighted by molar-refractivity contribution is 6.05. The van der Waals surface area contributed by atoms with E-state index in [0.29, 0.717) is 28.4 Å². The summed E-state index contributed by atoms with van der Waals surface area (Å²) in [7, 11) is 1.76. The van der Waals surface area contributed by atoms with Crippen LogP contribution in [0.4, 0.5) is 11.4 Å². The second kappa shape index (κ2) is 10.4. The topological polar surface area (TPSA) is 94.4 Å². The van der Waals surface area contributed by atoms with E-state index in [9.17, 15) is 14.4 Å². The average Bonchev–Trinajstić information content (AvgIpc) is 3.08. The van der Waals surface area contributed by atoms with Gasteiger partial charge in [-0.25, -0.2) is 4.68 Å². The molecule has 0 atom stereocenters. The molecule has 1 aromatic heterocycles. The molecule has 0 saturated carbocycles. The Bertz CT molecular complexity index is 1490. The molecule has 0 saturated heterocycles. The Labute approximate surface area is 209 Å². The van der Waals surface area contributed by atoms with Crippen molar-refractivity contribution in [1.29, 1.82) is 0 Å². The molecular formula is C28H28N4O4. The van der Waals surface area contributed by atoms with Gasteiger partial charge in [-0.1, -0.05) is 36.4 Å². The van der Waals surface area contributed by atoms with Crippen molar-refractivity contribution in [3.63, 3.8) is 0 Å². The fourth-order valence-electron chi connectivity index (χ4n) is 3.84. The van der Waals surface area contributed by atoms with Gasteiger partial charge >= 0.3 is 0 Å². The predicted octanol–water partition coefficient (Wildman–Crippen LogP) is 4.37. The number of hydrogen-bond acceptors (Lipinski definition) is 4. The van der Waals surface area contributed by atoms with Gasteiger partial charge in [0.2, 0.25) is 0 Å². The van der Waals surface area contributed by atoms with Crippen molar-refractivity contribution in [2.45, 2.75) is 20.8 Å². The summed E-state index contributed by atoms with van der Waals surface area (Å²) in [5.41, 5.74) is 3.91. The summed E-state index contributed by atoms with van der Waals surface area (Å²) in [6.45, 7) is 5.47. The Morgan fingerprint density at radius 3 is 2.39 bits per heavy atom. The SMILES string of the molecule is Cc1ccc(C)c(OCC(=O)Nc2cccc(C(=O)Nc3c(C)n(C)n(-c4ccccc4)c3=O)c2)c1. The standard InChI is InChI=1S/C28H28N4O4/c1-18-13-14-19(2)24(15-18)36-17-25(33)29-22-10-8-9-21(16-22)27(34)30-26-20(3)31(4)32(28(26)35)23-11-6-5-7-12-23/h5-16H,17H2,1-4H3,(H,29,33)(H,30,34). The van der Waals surface area contributed by atoms with E-state index in [2.05, 4.69) is 10.6 Å². The third-order valence-corrected chi connectivity index (χ3v) is 5.90. The third kappa shape index (κ3) is 5.22. The molecule has 4 rings (SSSR count). The van der Waals surface area contributed by atoms with Crippen molar-refractivity contribution in [3.05, 3.63) is 106 Å². The number of amides is 2. The van der Waals surface area contributed by atoms with Crippen LogP contribution in [0.3, 0.4) is 0 Å². The molecule has 0 aliphatic rings. The van der Waals surface area contributed by atoms with Crippen LogP contribution in [-0.2, 0) is 11.8 Å². The van der Waals surface area contributed by atoms with Crippen molar-refractivity contribution in [1.82, 2.24) is 9.36 Å². The number of ether oxygens (including phenoxy) is 1. The molecule has 8 nitrogen and oxygen atoms in total. The zero-order chi connectivity index (χ0) is 25.8. The third-order valence-electron chi connectivity index (χ3n) is 5.90. The molecule has 1 heterocycles. The van der Waals surface area contributed by atoms with Crippen molar-refractivity contribution >= 4 is 23.2 Å². The first-order valence-electron chi connectivity index (χ1n) is 11.5. The highest BCUT2D eigenvalue weighted by Gasteiger charge is 2.19. The smallest absolute Gasteiger partial charge is 0.295 e. The van der Waals surface area contributed by atoms with Gasteiger partial charge in [-0.3, -0.25) is 19.1 Å².